The van der Waals surface area contributed by atoms with E-state index >= 15 is 0 Å². The van der Waals surface area contributed by atoms with E-state index in [-0.39, 0.29) is 5.97 Å². The second kappa shape index (κ2) is 7.71. The number of thioether (sulfide) groups is 1. The number of rotatable bonds is 6. The molecule has 0 atom stereocenters. The number of hydrogen-bond donors (Lipinski definition) is 0. The van der Waals surface area contributed by atoms with Crippen molar-refractivity contribution in [2.24, 2.45) is 0 Å². The Kier molecular flexibility index (Phi) is 5.94. The Bertz CT molecular complexity index is 643. The Labute approximate surface area is 137 Å². The van der Waals surface area contributed by atoms with Crippen molar-refractivity contribution < 1.29 is 14.3 Å². The number of benzene rings is 2. The van der Waals surface area contributed by atoms with Crippen LogP contribution in [0.3, 0.4) is 0 Å². The molecule has 0 bridgehead atoms. The Balaban J connectivity index is 2.43. The van der Waals surface area contributed by atoms with Crippen molar-refractivity contribution in [2.45, 2.75) is 6.92 Å². The Morgan fingerprint density at radius 2 is 2.05 bits per heavy atom. The molecule has 0 saturated heterocycles. The van der Waals surface area contributed by atoms with E-state index in [9.17, 15) is 4.79 Å². The Morgan fingerprint density at radius 1 is 1.24 bits per heavy atom. The van der Waals surface area contributed by atoms with Gasteiger partial charge >= 0.3 is 5.97 Å². The lowest BCUT2D eigenvalue weighted by Gasteiger charge is -2.12. The number of carbonyl (C=O) groups is 1. The molecule has 0 fully saturated rings. The summed E-state index contributed by atoms with van der Waals surface area (Å²) in [6, 6.07) is 9.67. The fraction of sp³-hybridized carbons (Fsp3) is 0.312. The lowest BCUT2D eigenvalue weighted by molar-refractivity contribution is 0.0522. The number of hydrogen-bond acceptors (Lipinski definition) is 4. The number of ether oxygens (including phenoxy) is 2. The summed E-state index contributed by atoms with van der Waals surface area (Å²) in [6.45, 7) is 2.71. The van der Waals surface area contributed by atoms with Gasteiger partial charge in [0.15, 0.2) is 0 Å². The Morgan fingerprint density at radius 3 is 2.76 bits per heavy atom. The molecular formula is C16H17BrO3S. The topological polar surface area (TPSA) is 35.5 Å². The molecule has 0 aromatic heterocycles. The molecule has 2 aromatic carbocycles. The highest BCUT2D eigenvalue weighted by Crippen LogP contribution is 2.29. The third kappa shape index (κ3) is 4.14. The molecule has 0 spiro atoms. The van der Waals surface area contributed by atoms with Crippen molar-refractivity contribution in [1.29, 1.82) is 0 Å². The summed E-state index contributed by atoms with van der Waals surface area (Å²) in [5.74, 6) is 1.11. The molecule has 5 heteroatoms. The maximum Gasteiger partial charge on any atom is 0.341 e. The predicted octanol–water partition coefficient (Wildman–Crippen LogP) is 4.52. The lowest BCUT2D eigenvalue weighted by atomic mass is 10.1. The number of esters is 1. The minimum absolute atomic E-state index is 0.347. The third-order valence-corrected chi connectivity index (χ3v) is 4.01. The molecule has 0 N–H and O–H groups in total. The smallest absolute Gasteiger partial charge is 0.341 e. The van der Waals surface area contributed by atoms with Crippen LogP contribution in [0.25, 0.3) is 10.8 Å². The predicted molar refractivity (Wildman–Crippen MR) is 91.5 cm³/mol. The highest BCUT2D eigenvalue weighted by molar-refractivity contribution is 9.10. The van der Waals surface area contributed by atoms with Crippen molar-refractivity contribution >= 4 is 44.4 Å². The second-order valence-electron chi connectivity index (χ2n) is 4.40. The van der Waals surface area contributed by atoms with Gasteiger partial charge in [-0.25, -0.2) is 4.79 Å². The molecule has 2 aromatic rings. The Hall–Kier alpha value is -1.20. The minimum atomic E-state index is -0.349. The van der Waals surface area contributed by atoms with E-state index in [1.807, 2.05) is 36.6 Å². The molecule has 0 aliphatic carbocycles. The zero-order valence-corrected chi connectivity index (χ0v) is 14.4. The largest absolute Gasteiger partial charge is 0.492 e. The molecule has 0 radical (unpaired) electrons. The fourth-order valence-electron chi connectivity index (χ4n) is 1.97. The van der Waals surface area contributed by atoms with E-state index in [1.54, 1.807) is 18.7 Å². The van der Waals surface area contributed by atoms with Crippen LogP contribution in [0.1, 0.15) is 17.3 Å². The first-order chi connectivity index (χ1) is 10.2. The molecule has 0 aliphatic rings. The van der Waals surface area contributed by atoms with Gasteiger partial charge in [0.05, 0.1) is 13.2 Å². The molecule has 0 unspecified atom stereocenters. The monoisotopic (exact) mass is 368 g/mol. The zero-order chi connectivity index (χ0) is 15.2. The molecule has 0 heterocycles. The van der Waals surface area contributed by atoms with Crippen molar-refractivity contribution in [2.75, 3.05) is 25.2 Å². The van der Waals surface area contributed by atoms with Crippen LogP contribution in [0.4, 0.5) is 0 Å². The fourth-order valence-corrected chi connectivity index (χ4v) is 2.60. The maximum atomic E-state index is 12.1. The van der Waals surface area contributed by atoms with Gasteiger partial charge in [0, 0.05) is 10.2 Å². The maximum absolute atomic E-state index is 12.1. The number of fused-ring (bicyclic) bond motifs is 1. The summed E-state index contributed by atoms with van der Waals surface area (Å²) in [4.78, 5) is 12.1. The quantitative estimate of drug-likeness (QED) is 0.554. The lowest BCUT2D eigenvalue weighted by Crippen LogP contribution is -2.09. The molecule has 3 nitrogen and oxygen atoms in total. The van der Waals surface area contributed by atoms with Crippen LogP contribution in [0, 0.1) is 0 Å². The van der Waals surface area contributed by atoms with Gasteiger partial charge in [-0.05, 0) is 48.2 Å². The van der Waals surface area contributed by atoms with E-state index < -0.39 is 0 Å². The van der Waals surface area contributed by atoms with Gasteiger partial charge in [0.2, 0.25) is 0 Å². The zero-order valence-electron chi connectivity index (χ0n) is 12.0. The standard InChI is InChI=1S/C16H17BrO3S/c1-3-19-16(18)14-9-12-8-13(17)5-4-11(12)10-15(14)20-6-7-21-2/h4-5,8-10H,3,6-7H2,1-2H3. The van der Waals surface area contributed by atoms with Gasteiger partial charge < -0.3 is 9.47 Å². The summed E-state index contributed by atoms with van der Waals surface area (Å²) in [7, 11) is 0. The van der Waals surface area contributed by atoms with Gasteiger partial charge in [0.1, 0.15) is 11.3 Å². The average molecular weight is 369 g/mol. The van der Waals surface area contributed by atoms with Crippen LogP contribution in [-0.2, 0) is 4.74 Å². The van der Waals surface area contributed by atoms with E-state index in [2.05, 4.69) is 15.9 Å². The first-order valence-electron chi connectivity index (χ1n) is 6.68. The van der Waals surface area contributed by atoms with Gasteiger partial charge in [-0.3, -0.25) is 0 Å². The van der Waals surface area contributed by atoms with Crippen molar-refractivity contribution in [3.63, 3.8) is 0 Å². The highest BCUT2D eigenvalue weighted by Gasteiger charge is 2.15. The van der Waals surface area contributed by atoms with Crippen molar-refractivity contribution in [3.8, 4) is 5.75 Å². The molecular weight excluding hydrogens is 352 g/mol. The van der Waals surface area contributed by atoms with Gasteiger partial charge in [0.25, 0.3) is 0 Å². The average Bonchev–Trinajstić information content (AvgIpc) is 2.47. The van der Waals surface area contributed by atoms with Gasteiger partial charge in [-0.1, -0.05) is 22.0 Å². The minimum Gasteiger partial charge on any atom is -0.492 e. The molecule has 2 rings (SSSR count). The summed E-state index contributed by atoms with van der Waals surface area (Å²) in [5, 5.41) is 2.01. The van der Waals surface area contributed by atoms with Crippen LogP contribution >= 0.6 is 27.7 Å². The molecule has 0 amide bonds. The normalized spacial score (nSPS) is 10.6. The third-order valence-electron chi connectivity index (χ3n) is 2.94. The summed E-state index contributed by atoms with van der Waals surface area (Å²) >= 11 is 5.15. The van der Waals surface area contributed by atoms with Crippen LogP contribution in [0.15, 0.2) is 34.8 Å². The van der Waals surface area contributed by atoms with Crippen molar-refractivity contribution in [3.05, 3.63) is 40.4 Å². The van der Waals surface area contributed by atoms with Crippen LogP contribution < -0.4 is 4.74 Å². The van der Waals surface area contributed by atoms with Crippen LogP contribution in [0.5, 0.6) is 5.75 Å². The number of carbonyl (C=O) groups excluding carboxylic acids is 1. The summed E-state index contributed by atoms with van der Waals surface area (Å²) in [5.41, 5.74) is 0.476. The SMILES string of the molecule is CCOC(=O)c1cc2cc(Br)ccc2cc1OCCSC. The summed E-state index contributed by atoms with van der Waals surface area (Å²) in [6.07, 6.45) is 2.02. The first-order valence-corrected chi connectivity index (χ1v) is 8.86. The van der Waals surface area contributed by atoms with E-state index in [4.69, 9.17) is 9.47 Å². The first kappa shape index (κ1) is 16.2. The molecule has 0 aliphatic heterocycles. The van der Waals surface area contributed by atoms with E-state index in [0.29, 0.717) is 24.5 Å². The molecule has 112 valence electrons. The van der Waals surface area contributed by atoms with Gasteiger partial charge in [-0.15, -0.1) is 0 Å². The second-order valence-corrected chi connectivity index (χ2v) is 6.30. The summed E-state index contributed by atoms with van der Waals surface area (Å²) < 4.78 is 11.8. The van der Waals surface area contributed by atoms with Gasteiger partial charge in [-0.2, -0.15) is 11.8 Å². The van der Waals surface area contributed by atoms with Crippen LogP contribution in [0.2, 0.25) is 0 Å². The van der Waals surface area contributed by atoms with E-state index in [0.717, 1.165) is 21.0 Å². The highest BCUT2D eigenvalue weighted by atomic mass is 79.9. The molecule has 0 saturated carbocycles. The number of halogens is 1. The van der Waals surface area contributed by atoms with Crippen molar-refractivity contribution in [1.82, 2.24) is 0 Å². The van der Waals surface area contributed by atoms with E-state index in [1.165, 1.54) is 0 Å². The molecule has 21 heavy (non-hydrogen) atoms. The van der Waals surface area contributed by atoms with Crippen LogP contribution in [-0.4, -0.2) is 31.2 Å².